The largest absolute Gasteiger partial charge is 0.357 e. The molecule has 1 aromatic carbocycles. The van der Waals surface area contributed by atoms with Gasteiger partial charge in [0.1, 0.15) is 0 Å². The Labute approximate surface area is 102 Å². The first-order chi connectivity index (χ1) is 7.13. The molecule has 0 fully saturated rings. The summed E-state index contributed by atoms with van der Waals surface area (Å²) in [6.07, 6.45) is 0.985. The molecular weight excluding hydrogens is 275 g/mol. The molecule has 0 radical (unpaired) electrons. The van der Waals surface area contributed by atoms with Gasteiger partial charge in [0.2, 0.25) is 0 Å². The molecule has 1 aromatic heterocycles. The normalized spacial score (nSPS) is 11.2. The van der Waals surface area contributed by atoms with Crippen LogP contribution < -0.4 is 5.73 Å². The molecule has 1 heterocycles. The molecule has 0 bridgehead atoms. The maximum Gasteiger partial charge on any atom is 0.0781 e. The van der Waals surface area contributed by atoms with E-state index in [9.17, 15) is 0 Å². The van der Waals surface area contributed by atoms with Crippen molar-refractivity contribution in [1.29, 1.82) is 0 Å². The Bertz CT molecular complexity index is 505. The van der Waals surface area contributed by atoms with E-state index in [0.29, 0.717) is 0 Å². The SMILES string of the molecule is Cc1[nH]c2c(Br)cc(Cl)cc2c1CC[NH3+]. The molecule has 4 heteroatoms. The number of hydrogen-bond acceptors (Lipinski definition) is 0. The number of nitrogens with one attached hydrogen (secondary N) is 1. The van der Waals surface area contributed by atoms with Crippen molar-refractivity contribution in [2.45, 2.75) is 13.3 Å². The van der Waals surface area contributed by atoms with E-state index in [1.165, 1.54) is 16.6 Å². The van der Waals surface area contributed by atoms with Crippen molar-refractivity contribution in [3.05, 3.63) is 32.9 Å². The molecule has 2 rings (SSSR count). The maximum absolute atomic E-state index is 6.05. The summed E-state index contributed by atoms with van der Waals surface area (Å²) < 4.78 is 1.02. The summed E-state index contributed by atoms with van der Waals surface area (Å²) in [4.78, 5) is 3.37. The monoisotopic (exact) mass is 287 g/mol. The number of H-pyrrole nitrogens is 1. The van der Waals surface area contributed by atoms with E-state index >= 15 is 0 Å². The van der Waals surface area contributed by atoms with Gasteiger partial charge in [-0.1, -0.05) is 11.6 Å². The fraction of sp³-hybridized carbons (Fsp3) is 0.273. The van der Waals surface area contributed by atoms with Gasteiger partial charge in [-0.3, -0.25) is 0 Å². The zero-order chi connectivity index (χ0) is 11.0. The molecule has 0 saturated heterocycles. The zero-order valence-corrected chi connectivity index (χ0v) is 10.9. The molecule has 4 N–H and O–H groups in total. The van der Waals surface area contributed by atoms with Gasteiger partial charge < -0.3 is 10.7 Å². The molecule has 0 atom stereocenters. The Morgan fingerprint density at radius 2 is 2.20 bits per heavy atom. The number of quaternary nitrogens is 1. The molecule has 0 amide bonds. The number of aromatic amines is 1. The molecule has 2 nitrogen and oxygen atoms in total. The Balaban J connectivity index is 2.74. The lowest BCUT2D eigenvalue weighted by atomic mass is 10.1. The molecule has 15 heavy (non-hydrogen) atoms. The summed E-state index contributed by atoms with van der Waals surface area (Å²) in [6, 6.07) is 3.92. The van der Waals surface area contributed by atoms with Crippen LogP contribution in [0.2, 0.25) is 5.02 Å². The van der Waals surface area contributed by atoms with Gasteiger partial charge in [0.05, 0.1) is 12.1 Å². The third-order valence-electron chi connectivity index (χ3n) is 2.57. The first-order valence-corrected chi connectivity index (χ1v) is 6.06. The minimum Gasteiger partial charge on any atom is -0.357 e. The van der Waals surface area contributed by atoms with Gasteiger partial charge in [-0.2, -0.15) is 0 Å². The molecular formula is C11H13BrClN2+. The van der Waals surface area contributed by atoms with Crippen molar-refractivity contribution in [2.75, 3.05) is 6.54 Å². The second-order valence-electron chi connectivity index (χ2n) is 3.64. The lowest BCUT2D eigenvalue weighted by molar-refractivity contribution is -0.366. The summed E-state index contributed by atoms with van der Waals surface area (Å²) in [5, 5.41) is 1.97. The number of halogens is 2. The minimum absolute atomic E-state index is 0.763. The van der Waals surface area contributed by atoms with Crippen molar-refractivity contribution < 1.29 is 5.73 Å². The topological polar surface area (TPSA) is 43.4 Å². The second kappa shape index (κ2) is 4.16. The highest BCUT2D eigenvalue weighted by Crippen LogP contribution is 2.31. The summed E-state index contributed by atoms with van der Waals surface area (Å²) in [5.74, 6) is 0. The number of rotatable bonds is 2. The van der Waals surface area contributed by atoms with E-state index in [2.05, 4.69) is 33.6 Å². The van der Waals surface area contributed by atoms with Gasteiger partial charge in [0.15, 0.2) is 0 Å². The summed E-state index contributed by atoms with van der Waals surface area (Å²) in [7, 11) is 0. The molecule has 0 saturated carbocycles. The van der Waals surface area contributed by atoms with Crippen LogP contribution in [-0.2, 0) is 6.42 Å². The third kappa shape index (κ3) is 1.92. The van der Waals surface area contributed by atoms with E-state index in [1.54, 1.807) is 0 Å². The van der Waals surface area contributed by atoms with Gasteiger partial charge in [0.25, 0.3) is 0 Å². The van der Waals surface area contributed by atoms with E-state index in [-0.39, 0.29) is 0 Å². The van der Waals surface area contributed by atoms with Crippen molar-refractivity contribution >= 4 is 38.4 Å². The van der Waals surface area contributed by atoms with Gasteiger partial charge in [-0.25, -0.2) is 0 Å². The van der Waals surface area contributed by atoms with Crippen LogP contribution in [0, 0.1) is 6.92 Å². The van der Waals surface area contributed by atoms with Crippen molar-refractivity contribution in [2.24, 2.45) is 0 Å². The van der Waals surface area contributed by atoms with Gasteiger partial charge in [-0.15, -0.1) is 0 Å². The van der Waals surface area contributed by atoms with Crippen molar-refractivity contribution in [3.63, 3.8) is 0 Å². The Morgan fingerprint density at radius 1 is 1.47 bits per heavy atom. The van der Waals surface area contributed by atoms with Crippen LogP contribution in [0.4, 0.5) is 0 Å². The number of benzene rings is 1. The van der Waals surface area contributed by atoms with Crippen LogP contribution in [-0.4, -0.2) is 11.5 Å². The fourth-order valence-electron chi connectivity index (χ4n) is 1.90. The van der Waals surface area contributed by atoms with Crippen LogP contribution in [0.15, 0.2) is 16.6 Å². The fourth-order valence-corrected chi connectivity index (χ4v) is 2.81. The van der Waals surface area contributed by atoms with E-state index in [0.717, 1.165) is 28.0 Å². The second-order valence-corrected chi connectivity index (χ2v) is 4.93. The predicted molar refractivity (Wildman–Crippen MR) is 67.2 cm³/mol. The predicted octanol–water partition coefficient (Wildman–Crippen LogP) is 2.68. The van der Waals surface area contributed by atoms with Crippen LogP contribution in [0.5, 0.6) is 0 Å². The zero-order valence-electron chi connectivity index (χ0n) is 8.53. The van der Waals surface area contributed by atoms with Crippen LogP contribution >= 0.6 is 27.5 Å². The number of fused-ring (bicyclic) bond motifs is 1. The van der Waals surface area contributed by atoms with E-state index in [4.69, 9.17) is 11.6 Å². The highest BCUT2D eigenvalue weighted by atomic mass is 79.9. The van der Waals surface area contributed by atoms with Crippen LogP contribution in [0.25, 0.3) is 10.9 Å². The molecule has 0 aliphatic rings. The Morgan fingerprint density at radius 3 is 2.87 bits per heavy atom. The highest BCUT2D eigenvalue weighted by molar-refractivity contribution is 9.10. The number of aromatic nitrogens is 1. The maximum atomic E-state index is 6.05. The smallest absolute Gasteiger partial charge is 0.0781 e. The third-order valence-corrected chi connectivity index (χ3v) is 3.42. The van der Waals surface area contributed by atoms with Crippen molar-refractivity contribution in [3.8, 4) is 0 Å². The molecule has 0 spiro atoms. The van der Waals surface area contributed by atoms with Gasteiger partial charge in [0, 0.05) is 27.0 Å². The van der Waals surface area contributed by atoms with E-state index in [1.807, 2.05) is 12.1 Å². The quantitative estimate of drug-likeness (QED) is 0.853. The Kier molecular flexibility index (Phi) is 3.05. The average Bonchev–Trinajstić information content (AvgIpc) is 2.46. The minimum atomic E-state index is 0.763. The standard InChI is InChI=1S/C11H12BrClN2/c1-6-8(2-3-14)9-4-7(13)5-10(12)11(9)15-6/h4-5,15H,2-3,14H2,1H3/p+1. The summed E-state index contributed by atoms with van der Waals surface area (Å²) >= 11 is 9.56. The van der Waals surface area contributed by atoms with Crippen LogP contribution in [0.3, 0.4) is 0 Å². The molecule has 2 aromatic rings. The summed E-state index contributed by atoms with van der Waals surface area (Å²) in [6.45, 7) is 2.99. The van der Waals surface area contributed by atoms with E-state index < -0.39 is 0 Å². The Hall–Kier alpha value is -0.510. The van der Waals surface area contributed by atoms with Crippen molar-refractivity contribution in [1.82, 2.24) is 4.98 Å². The number of aryl methyl sites for hydroxylation is 1. The summed E-state index contributed by atoms with van der Waals surface area (Å²) in [5.41, 5.74) is 7.55. The highest BCUT2D eigenvalue weighted by Gasteiger charge is 2.11. The van der Waals surface area contributed by atoms with Gasteiger partial charge >= 0.3 is 0 Å². The molecule has 0 aliphatic heterocycles. The molecule has 0 aliphatic carbocycles. The molecule has 80 valence electrons. The van der Waals surface area contributed by atoms with Gasteiger partial charge in [-0.05, 0) is 40.5 Å². The first kappa shape index (κ1) is 11.0. The van der Waals surface area contributed by atoms with Crippen LogP contribution in [0.1, 0.15) is 11.3 Å². The molecule has 0 unspecified atom stereocenters. The first-order valence-electron chi connectivity index (χ1n) is 4.89. The average molecular weight is 289 g/mol. The lowest BCUT2D eigenvalue weighted by Gasteiger charge is -1.99. The lowest BCUT2D eigenvalue weighted by Crippen LogP contribution is -2.51. The number of hydrogen-bond donors (Lipinski definition) is 2.